The van der Waals surface area contributed by atoms with Crippen molar-refractivity contribution in [3.05, 3.63) is 0 Å². The van der Waals surface area contributed by atoms with Crippen LogP contribution in [0.15, 0.2) is 0 Å². The number of nitrogens with zero attached hydrogens (tertiary/aromatic N) is 1. The summed E-state index contributed by atoms with van der Waals surface area (Å²) < 4.78 is 98.8. The van der Waals surface area contributed by atoms with Crippen molar-refractivity contribution >= 4 is 11.6 Å². The van der Waals surface area contributed by atoms with Crippen molar-refractivity contribution in [1.82, 2.24) is 10.2 Å². The lowest BCUT2D eigenvalue weighted by molar-refractivity contribution is -0.258. The molecule has 0 aliphatic carbocycles. The Hall–Kier alpha value is -0.350. The van der Waals surface area contributed by atoms with Gasteiger partial charge in [-0.15, -0.1) is 0 Å². The summed E-state index contributed by atoms with van der Waals surface area (Å²) in [6, 6.07) is -3.00. The van der Waals surface area contributed by atoms with Gasteiger partial charge in [0.2, 0.25) is 0 Å². The molecule has 0 aromatic heterocycles. The Kier molecular flexibility index (Phi) is 3.54. The normalized spacial score (nSPS) is 28.8. The summed E-state index contributed by atoms with van der Waals surface area (Å²) in [5.74, 6) is 0. The lowest BCUT2D eigenvalue weighted by atomic mass is 10.3. The highest BCUT2D eigenvalue weighted by Gasteiger charge is 2.63. The minimum absolute atomic E-state index is 1.13. The lowest BCUT2D eigenvalue weighted by Gasteiger charge is -2.33. The fraction of sp³-hybridized carbons (Fsp3) is 1.00. The number of hydrogen-bond acceptors (Lipinski definition) is 2. The number of rotatable bonds is 1. The maximum absolute atomic E-state index is 12.6. The molecule has 1 heterocycles. The van der Waals surface area contributed by atoms with E-state index in [4.69, 9.17) is 0 Å². The summed E-state index contributed by atoms with van der Waals surface area (Å²) in [5, 5.41) is 1.33. The van der Waals surface area contributed by atoms with Crippen LogP contribution < -0.4 is 5.32 Å². The first kappa shape index (κ1) is 14.7. The smallest absolute Gasteiger partial charge is 0.292 e. The zero-order valence-electron chi connectivity index (χ0n) is 7.71. The summed E-state index contributed by atoms with van der Waals surface area (Å²) >= 11 is 4.29. The molecule has 0 bridgehead atoms. The van der Waals surface area contributed by atoms with Gasteiger partial charge in [-0.25, -0.2) is 0 Å². The topological polar surface area (TPSA) is 15.3 Å². The second-order valence-electron chi connectivity index (χ2n) is 3.28. The average Bonchev–Trinajstić information content (AvgIpc) is 2.42. The molecule has 1 aliphatic heterocycles. The van der Waals surface area contributed by atoms with Gasteiger partial charge in [0.05, 0.1) is 0 Å². The van der Waals surface area contributed by atoms with Gasteiger partial charge in [0.15, 0.2) is 6.17 Å². The highest BCUT2D eigenvalue weighted by Crippen LogP contribution is 2.41. The Balaban J connectivity index is 3.08. The van der Waals surface area contributed by atoms with E-state index in [1.54, 1.807) is 0 Å². The molecule has 0 spiro atoms. The van der Waals surface area contributed by atoms with Crippen molar-refractivity contribution in [3.63, 3.8) is 0 Å². The van der Waals surface area contributed by atoms with E-state index in [-0.39, 0.29) is 0 Å². The molecule has 2 unspecified atom stereocenters. The third kappa shape index (κ3) is 3.10. The zero-order valence-corrected chi connectivity index (χ0v) is 8.47. The van der Waals surface area contributed by atoms with E-state index in [0.29, 0.717) is 0 Å². The quantitative estimate of drug-likeness (QED) is 0.454. The summed E-state index contributed by atoms with van der Waals surface area (Å²) in [6.07, 6.45) is -13.7. The second kappa shape index (κ2) is 4.09. The van der Waals surface area contributed by atoms with E-state index in [2.05, 4.69) is 11.6 Å². The Bertz CT molecular complexity index is 259. The van der Waals surface area contributed by atoms with Gasteiger partial charge in [-0.1, -0.05) is 0 Å². The standard InChI is InChI=1S/C6H5ClF8N2/c7-6(14,15)17-2(4(8,9)10)1-16-3(17)5(11,12)13/h2-3,16H,1H2. The summed E-state index contributed by atoms with van der Waals surface area (Å²) in [4.78, 5) is -1.13. The van der Waals surface area contributed by atoms with Gasteiger partial charge in [-0.2, -0.15) is 40.0 Å². The fourth-order valence-electron chi connectivity index (χ4n) is 1.47. The Morgan fingerprint density at radius 3 is 1.71 bits per heavy atom. The van der Waals surface area contributed by atoms with Crippen LogP contribution in [0.25, 0.3) is 0 Å². The molecule has 0 amide bonds. The number of alkyl halides is 9. The van der Waals surface area contributed by atoms with E-state index in [1.165, 1.54) is 5.32 Å². The molecule has 102 valence electrons. The van der Waals surface area contributed by atoms with Crippen molar-refractivity contribution in [2.75, 3.05) is 6.54 Å². The van der Waals surface area contributed by atoms with E-state index in [1.807, 2.05) is 0 Å². The molecular weight excluding hydrogens is 288 g/mol. The molecule has 0 radical (unpaired) electrons. The SMILES string of the molecule is FC(F)(F)C1CNC(C(F)(F)F)N1C(F)(F)Cl. The monoisotopic (exact) mass is 292 g/mol. The van der Waals surface area contributed by atoms with Gasteiger partial charge in [0.25, 0.3) is 0 Å². The first-order valence-corrected chi connectivity index (χ1v) is 4.45. The number of hydrogen-bond donors (Lipinski definition) is 1. The van der Waals surface area contributed by atoms with Crippen molar-refractivity contribution in [2.24, 2.45) is 0 Å². The van der Waals surface area contributed by atoms with Gasteiger partial charge >= 0.3 is 17.9 Å². The molecule has 0 saturated carbocycles. The summed E-state index contributed by atoms with van der Waals surface area (Å²) in [5.41, 5.74) is -4.76. The van der Waals surface area contributed by atoms with Gasteiger partial charge in [0.1, 0.15) is 6.04 Å². The van der Waals surface area contributed by atoms with Crippen molar-refractivity contribution < 1.29 is 35.1 Å². The largest absolute Gasteiger partial charge is 0.417 e. The molecule has 1 saturated heterocycles. The molecule has 0 aromatic carbocycles. The van der Waals surface area contributed by atoms with Crippen molar-refractivity contribution in [1.29, 1.82) is 0 Å². The lowest BCUT2D eigenvalue weighted by Crippen LogP contribution is -2.57. The van der Waals surface area contributed by atoms with Crippen molar-refractivity contribution in [3.8, 4) is 0 Å². The third-order valence-electron chi connectivity index (χ3n) is 2.10. The molecule has 2 nitrogen and oxygen atoms in total. The summed E-state index contributed by atoms with van der Waals surface area (Å²) in [6.45, 7) is -1.31. The highest BCUT2D eigenvalue weighted by molar-refractivity contribution is 6.21. The average molecular weight is 293 g/mol. The minimum Gasteiger partial charge on any atom is -0.292 e. The van der Waals surface area contributed by atoms with Crippen molar-refractivity contribution in [2.45, 2.75) is 30.1 Å². The van der Waals surface area contributed by atoms with E-state index in [9.17, 15) is 35.1 Å². The molecule has 0 aromatic rings. The second-order valence-corrected chi connectivity index (χ2v) is 3.74. The van der Waals surface area contributed by atoms with Gasteiger partial charge < -0.3 is 0 Å². The molecule has 1 aliphatic rings. The summed E-state index contributed by atoms with van der Waals surface area (Å²) in [7, 11) is 0. The minimum atomic E-state index is -5.29. The van der Waals surface area contributed by atoms with Gasteiger partial charge in [-0.3, -0.25) is 5.32 Å². The van der Waals surface area contributed by atoms with Crippen LogP contribution in [0.3, 0.4) is 0 Å². The van der Waals surface area contributed by atoms with E-state index in [0.717, 1.165) is 0 Å². The zero-order chi connectivity index (χ0) is 13.6. The molecule has 1 fully saturated rings. The maximum atomic E-state index is 12.6. The Labute approximate surface area is 94.5 Å². The third-order valence-corrected chi connectivity index (χ3v) is 2.29. The molecule has 2 atom stereocenters. The van der Waals surface area contributed by atoms with Crippen LogP contribution in [0, 0.1) is 0 Å². The van der Waals surface area contributed by atoms with E-state index >= 15 is 0 Å². The Morgan fingerprint density at radius 1 is 0.941 bits per heavy atom. The first-order chi connectivity index (χ1) is 7.35. The molecule has 1 rings (SSSR count). The molecule has 1 N–H and O–H groups in total. The van der Waals surface area contributed by atoms with E-state index < -0.39 is 41.5 Å². The van der Waals surface area contributed by atoms with Crippen LogP contribution in [-0.2, 0) is 0 Å². The van der Waals surface area contributed by atoms with Gasteiger partial charge in [0, 0.05) is 6.54 Å². The predicted octanol–water partition coefficient (Wildman–Crippen LogP) is 2.50. The highest BCUT2D eigenvalue weighted by atomic mass is 35.5. The van der Waals surface area contributed by atoms with Crippen LogP contribution in [-0.4, -0.2) is 41.5 Å². The first-order valence-electron chi connectivity index (χ1n) is 4.07. The van der Waals surface area contributed by atoms with Gasteiger partial charge in [-0.05, 0) is 11.6 Å². The maximum Gasteiger partial charge on any atom is 0.417 e. The Morgan fingerprint density at radius 2 is 1.41 bits per heavy atom. The molecule has 11 heteroatoms. The number of nitrogens with one attached hydrogen (secondary N) is 1. The molecule has 17 heavy (non-hydrogen) atoms. The predicted molar refractivity (Wildman–Crippen MR) is 40.3 cm³/mol. The molecular formula is C6H5ClF8N2. The number of halogens is 9. The van der Waals surface area contributed by atoms with Crippen LogP contribution in [0.5, 0.6) is 0 Å². The van der Waals surface area contributed by atoms with Crippen LogP contribution >= 0.6 is 11.6 Å². The van der Waals surface area contributed by atoms with Crippen LogP contribution in [0.1, 0.15) is 0 Å². The fourth-order valence-corrected chi connectivity index (χ4v) is 1.69. The van der Waals surface area contributed by atoms with Crippen LogP contribution in [0.4, 0.5) is 35.1 Å². The van der Waals surface area contributed by atoms with Crippen LogP contribution in [0.2, 0.25) is 0 Å².